The van der Waals surface area contributed by atoms with E-state index in [2.05, 4.69) is 46.0 Å². The Kier molecular flexibility index (Phi) is 4.62. The zero-order valence-corrected chi connectivity index (χ0v) is 14.6. The van der Waals surface area contributed by atoms with Gasteiger partial charge < -0.3 is 10.7 Å². The van der Waals surface area contributed by atoms with Crippen molar-refractivity contribution in [2.45, 2.75) is 45.1 Å². The fraction of sp³-hybridized carbons (Fsp3) is 0.529. The molecule has 0 atom stereocenters. The van der Waals surface area contributed by atoms with E-state index >= 15 is 0 Å². The van der Waals surface area contributed by atoms with Crippen LogP contribution in [0.3, 0.4) is 0 Å². The highest BCUT2D eigenvalue weighted by molar-refractivity contribution is 14.1. The average Bonchev–Trinajstić information content (AvgIpc) is 3.25. The topological polar surface area (TPSA) is 48.8 Å². The minimum absolute atomic E-state index is 0.447. The number of hydrogen-bond acceptors (Lipinski definition) is 3. The zero-order chi connectivity index (χ0) is 14.8. The van der Waals surface area contributed by atoms with Crippen molar-refractivity contribution in [3.8, 4) is 0 Å². The summed E-state index contributed by atoms with van der Waals surface area (Å²) < 4.78 is 0.981. The summed E-state index contributed by atoms with van der Waals surface area (Å²) in [7, 11) is 0. The van der Waals surface area contributed by atoms with Gasteiger partial charge in [0.2, 0.25) is 0 Å². The summed E-state index contributed by atoms with van der Waals surface area (Å²) in [4.78, 5) is 4.60. The summed E-state index contributed by atoms with van der Waals surface area (Å²) in [5.41, 5.74) is 2.66. The Morgan fingerprint density at radius 2 is 2.19 bits per heavy atom. The first-order chi connectivity index (χ1) is 10.2. The van der Waals surface area contributed by atoms with Gasteiger partial charge in [-0.1, -0.05) is 19.4 Å². The van der Waals surface area contributed by atoms with E-state index in [0.29, 0.717) is 12.0 Å². The Bertz CT molecular complexity index is 557. The van der Waals surface area contributed by atoms with E-state index in [0.717, 1.165) is 39.4 Å². The molecule has 0 saturated heterocycles. The number of rotatable bonds is 6. The van der Waals surface area contributed by atoms with Crippen LogP contribution in [0.15, 0.2) is 24.4 Å². The van der Waals surface area contributed by atoms with Crippen molar-refractivity contribution in [1.82, 2.24) is 10.3 Å². The van der Waals surface area contributed by atoms with Crippen LogP contribution in [0.4, 0.5) is 0 Å². The highest BCUT2D eigenvalue weighted by Crippen LogP contribution is 2.35. The van der Waals surface area contributed by atoms with Crippen molar-refractivity contribution in [3.05, 3.63) is 33.8 Å². The number of pyridine rings is 1. The molecule has 1 aromatic rings. The number of halogens is 1. The molecule has 0 bridgehead atoms. The Labute approximate surface area is 140 Å². The average molecular weight is 395 g/mol. The maximum atomic E-state index is 8.42. The SMILES string of the molecule is CCC1CC(N/C=C(\C(=N)C2CC2)c2cccc(I)n2)C1. The number of nitrogens with one attached hydrogen (secondary N) is 2. The third-order valence-electron chi connectivity index (χ3n) is 4.54. The molecule has 2 N–H and O–H groups in total. The molecule has 21 heavy (non-hydrogen) atoms. The van der Waals surface area contributed by atoms with Gasteiger partial charge in [0.15, 0.2) is 0 Å². The second-order valence-electron chi connectivity index (χ2n) is 6.20. The van der Waals surface area contributed by atoms with Crippen LogP contribution >= 0.6 is 22.6 Å². The molecule has 0 aliphatic heterocycles. The second kappa shape index (κ2) is 6.46. The molecule has 2 aliphatic carbocycles. The highest BCUT2D eigenvalue weighted by Gasteiger charge is 2.31. The molecule has 2 aliphatic rings. The van der Waals surface area contributed by atoms with E-state index in [1.807, 2.05) is 18.2 Å². The molecular formula is C17H22IN3. The lowest BCUT2D eigenvalue weighted by atomic mass is 9.79. The predicted molar refractivity (Wildman–Crippen MR) is 95.3 cm³/mol. The molecule has 3 nitrogen and oxygen atoms in total. The van der Waals surface area contributed by atoms with Gasteiger partial charge in [-0.3, -0.25) is 0 Å². The van der Waals surface area contributed by atoms with Gasteiger partial charge in [-0.2, -0.15) is 0 Å². The smallest absolute Gasteiger partial charge is 0.102 e. The molecule has 4 heteroatoms. The van der Waals surface area contributed by atoms with Gasteiger partial charge in [-0.05, 0) is 66.3 Å². The van der Waals surface area contributed by atoms with Gasteiger partial charge >= 0.3 is 0 Å². The highest BCUT2D eigenvalue weighted by atomic mass is 127. The van der Waals surface area contributed by atoms with Crippen LogP contribution in [0.2, 0.25) is 0 Å². The summed E-state index contributed by atoms with van der Waals surface area (Å²) >= 11 is 2.23. The number of hydrogen-bond donors (Lipinski definition) is 2. The summed E-state index contributed by atoms with van der Waals surface area (Å²) in [6, 6.07) is 6.62. The van der Waals surface area contributed by atoms with Crippen molar-refractivity contribution in [2.24, 2.45) is 11.8 Å². The molecular weight excluding hydrogens is 373 g/mol. The lowest BCUT2D eigenvalue weighted by Gasteiger charge is -2.35. The van der Waals surface area contributed by atoms with Gasteiger partial charge in [-0.25, -0.2) is 4.98 Å². The van der Waals surface area contributed by atoms with Gasteiger partial charge in [0.1, 0.15) is 3.70 Å². The van der Waals surface area contributed by atoms with Crippen molar-refractivity contribution >= 4 is 33.9 Å². The van der Waals surface area contributed by atoms with Crippen LogP contribution in [0.5, 0.6) is 0 Å². The summed E-state index contributed by atoms with van der Waals surface area (Å²) in [6.07, 6.45) is 8.16. The van der Waals surface area contributed by atoms with E-state index in [1.165, 1.54) is 19.3 Å². The lowest BCUT2D eigenvalue weighted by Crippen LogP contribution is -2.38. The monoisotopic (exact) mass is 395 g/mol. The first-order valence-electron chi connectivity index (χ1n) is 7.85. The first kappa shape index (κ1) is 15.0. The Morgan fingerprint density at radius 3 is 2.81 bits per heavy atom. The van der Waals surface area contributed by atoms with Crippen LogP contribution in [0.25, 0.3) is 5.57 Å². The number of nitrogens with zero attached hydrogens (tertiary/aromatic N) is 1. The van der Waals surface area contributed by atoms with E-state index < -0.39 is 0 Å². The van der Waals surface area contributed by atoms with Gasteiger partial charge in [0, 0.05) is 29.4 Å². The molecule has 1 aromatic heterocycles. The van der Waals surface area contributed by atoms with Crippen molar-refractivity contribution in [1.29, 1.82) is 5.41 Å². The largest absolute Gasteiger partial charge is 0.388 e. The lowest BCUT2D eigenvalue weighted by molar-refractivity contribution is 0.233. The summed E-state index contributed by atoms with van der Waals surface area (Å²) in [6.45, 7) is 2.26. The number of allylic oxidation sites excluding steroid dienone is 1. The molecule has 112 valence electrons. The third-order valence-corrected chi connectivity index (χ3v) is 5.14. The molecule has 3 rings (SSSR count). The van der Waals surface area contributed by atoms with Gasteiger partial charge in [-0.15, -0.1) is 0 Å². The Balaban J connectivity index is 1.74. The molecule has 0 unspecified atom stereocenters. The summed E-state index contributed by atoms with van der Waals surface area (Å²) in [5.74, 6) is 1.33. The molecule has 2 fully saturated rings. The minimum atomic E-state index is 0.447. The first-order valence-corrected chi connectivity index (χ1v) is 8.93. The third kappa shape index (κ3) is 3.65. The minimum Gasteiger partial charge on any atom is -0.388 e. The normalized spacial score (nSPS) is 25.3. The standard InChI is InChI=1S/C17H22IN3/c1-2-11-8-13(9-11)20-10-14(17(19)12-6-7-12)15-4-3-5-16(18)21-15/h3-5,10-13,19-20H,2,6-9H2,1H3/b14-10-,19-17?. The fourth-order valence-electron chi connectivity index (χ4n) is 2.85. The Morgan fingerprint density at radius 1 is 1.43 bits per heavy atom. The number of aromatic nitrogens is 1. The van der Waals surface area contributed by atoms with E-state index in [-0.39, 0.29) is 0 Å². The van der Waals surface area contributed by atoms with Gasteiger partial charge in [0.05, 0.1) is 5.69 Å². The van der Waals surface area contributed by atoms with E-state index in [9.17, 15) is 0 Å². The van der Waals surface area contributed by atoms with Crippen LogP contribution in [0.1, 0.15) is 44.7 Å². The van der Waals surface area contributed by atoms with Crippen LogP contribution < -0.4 is 5.32 Å². The van der Waals surface area contributed by atoms with Crippen LogP contribution in [-0.4, -0.2) is 16.7 Å². The van der Waals surface area contributed by atoms with Gasteiger partial charge in [0.25, 0.3) is 0 Å². The van der Waals surface area contributed by atoms with Crippen LogP contribution in [-0.2, 0) is 0 Å². The Hall–Kier alpha value is -0.910. The molecule has 0 aromatic carbocycles. The van der Waals surface area contributed by atoms with Crippen molar-refractivity contribution in [3.63, 3.8) is 0 Å². The maximum absolute atomic E-state index is 8.42. The quantitative estimate of drug-likeness (QED) is 0.430. The van der Waals surface area contributed by atoms with E-state index in [1.54, 1.807) is 0 Å². The molecule has 2 saturated carbocycles. The van der Waals surface area contributed by atoms with E-state index in [4.69, 9.17) is 5.41 Å². The summed E-state index contributed by atoms with van der Waals surface area (Å²) in [5, 5.41) is 11.9. The zero-order valence-electron chi connectivity index (χ0n) is 12.4. The molecule has 0 radical (unpaired) electrons. The fourth-order valence-corrected chi connectivity index (χ4v) is 3.31. The predicted octanol–water partition coefficient (Wildman–Crippen LogP) is 4.24. The molecule has 0 amide bonds. The molecule has 1 heterocycles. The second-order valence-corrected chi connectivity index (χ2v) is 7.31. The van der Waals surface area contributed by atoms with Crippen molar-refractivity contribution < 1.29 is 0 Å². The van der Waals surface area contributed by atoms with Crippen LogP contribution in [0, 0.1) is 20.9 Å². The maximum Gasteiger partial charge on any atom is 0.102 e. The van der Waals surface area contributed by atoms with Crippen molar-refractivity contribution in [2.75, 3.05) is 0 Å². The molecule has 0 spiro atoms.